The summed E-state index contributed by atoms with van der Waals surface area (Å²) in [6.07, 6.45) is 4.68. The SMILES string of the molecule is COc1ccc2c(ccn2C2CCC2N(C)C)c1OC. The lowest BCUT2D eigenvalue weighted by molar-refractivity contribution is 0.116. The topological polar surface area (TPSA) is 26.6 Å². The summed E-state index contributed by atoms with van der Waals surface area (Å²) >= 11 is 0. The summed E-state index contributed by atoms with van der Waals surface area (Å²) in [5.74, 6) is 1.61. The first kappa shape index (κ1) is 13.3. The number of fused-ring (bicyclic) bond motifs is 1. The van der Waals surface area contributed by atoms with E-state index in [2.05, 4.69) is 41.9 Å². The lowest BCUT2D eigenvalue weighted by Crippen LogP contribution is -2.43. The average molecular weight is 274 g/mol. The third-order valence-corrected chi connectivity index (χ3v) is 4.46. The van der Waals surface area contributed by atoms with E-state index in [4.69, 9.17) is 9.47 Å². The van der Waals surface area contributed by atoms with Crippen molar-refractivity contribution in [2.75, 3.05) is 28.3 Å². The van der Waals surface area contributed by atoms with Crippen molar-refractivity contribution in [1.29, 1.82) is 0 Å². The van der Waals surface area contributed by atoms with Gasteiger partial charge in [-0.2, -0.15) is 0 Å². The number of benzene rings is 1. The molecule has 1 aliphatic carbocycles. The van der Waals surface area contributed by atoms with Gasteiger partial charge in [0.1, 0.15) is 0 Å². The molecular formula is C16H22N2O2. The zero-order valence-corrected chi connectivity index (χ0v) is 12.6. The predicted octanol–water partition coefficient (Wildman–Crippen LogP) is 2.92. The predicted molar refractivity (Wildman–Crippen MR) is 80.8 cm³/mol. The summed E-state index contributed by atoms with van der Waals surface area (Å²) in [6, 6.07) is 7.42. The summed E-state index contributed by atoms with van der Waals surface area (Å²) in [4.78, 5) is 2.32. The summed E-state index contributed by atoms with van der Waals surface area (Å²) in [5, 5.41) is 1.12. The molecule has 4 nitrogen and oxygen atoms in total. The van der Waals surface area contributed by atoms with Gasteiger partial charge in [-0.1, -0.05) is 0 Å². The van der Waals surface area contributed by atoms with Crippen LogP contribution in [0.25, 0.3) is 10.9 Å². The molecule has 0 bridgehead atoms. The maximum atomic E-state index is 5.52. The van der Waals surface area contributed by atoms with E-state index in [9.17, 15) is 0 Å². The molecule has 1 aromatic carbocycles. The molecule has 1 fully saturated rings. The number of methoxy groups -OCH3 is 2. The van der Waals surface area contributed by atoms with Gasteiger partial charge in [-0.3, -0.25) is 0 Å². The molecule has 1 heterocycles. The van der Waals surface area contributed by atoms with Gasteiger partial charge >= 0.3 is 0 Å². The standard InChI is InChI=1S/C16H22N2O2/c1-17(2)13-5-6-14(13)18-10-9-11-12(18)7-8-15(19-3)16(11)20-4/h7-10,13-14H,5-6H2,1-4H3. The second-order valence-corrected chi connectivity index (χ2v) is 5.63. The molecule has 1 aliphatic rings. The van der Waals surface area contributed by atoms with Gasteiger partial charge in [0.2, 0.25) is 0 Å². The number of hydrogen-bond donors (Lipinski definition) is 0. The van der Waals surface area contributed by atoms with E-state index < -0.39 is 0 Å². The Bertz CT molecular complexity index is 618. The molecular weight excluding hydrogens is 252 g/mol. The van der Waals surface area contributed by atoms with Gasteiger partial charge in [0, 0.05) is 23.7 Å². The Hall–Kier alpha value is -1.68. The maximum Gasteiger partial charge on any atom is 0.170 e. The molecule has 2 atom stereocenters. The summed E-state index contributed by atoms with van der Waals surface area (Å²) in [5.41, 5.74) is 1.22. The van der Waals surface area contributed by atoms with Crippen LogP contribution in [0.3, 0.4) is 0 Å². The first-order valence-electron chi connectivity index (χ1n) is 7.05. The summed E-state index contributed by atoms with van der Waals surface area (Å²) < 4.78 is 13.3. The lowest BCUT2D eigenvalue weighted by atomic mass is 9.85. The number of ether oxygens (including phenoxy) is 2. The minimum atomic E-state index is 0.556. The van der Waals surface area contributed by atoms with Gasteiger partial charge in [-0.05, 0) is 45.1 Å². The molecule has 0 N–H and O–H groups in total. The molecule has 0 radical (unpaired) electrons. The van der Waals surface area contributed by atoms with Crippen LogP contribution in [-0.2, 0) is 0 Å². The van der Waals surface area contributed by atoms with E-state index in [1.165, 1.54) is 18.4 Å². The first-order valence-corrected chi connectivity index (χ1v) is 7.05. The lowest BCUT2D eigenvalue weighted by Gasteiger charge is -2.42. The van der Waals surface area contributed by atoms with Crippen LogP contribution in [0.5, 0.6) is 11.5 Å². The van der Waals surface area contributed by atoms with Crippen molar-refractivity contribution >= 4 is 10.9 Å². The Morgan fingerprint density at radius 2 is 1.90 bits per heavy atom. The van der Waals surface area contributed by atoms with Gasteiger partial charge in [0.25, 0.3) is 0 Å². The average Bonchev–Trinajstić information content (AvgIpc) is 2.79. The highest BCUT2D eigenvalue weighted by Crippen LogP contribution is 2.41. The zero-order valence-electron chi connectivity index (χ0n) is 12.6. The van der Waals surface area contributed by atoms with Crippen molar-refractivity contribution in [2.24, 2.45) is 0 Å². The molecule has 2 aromatic rings. The Labute approximate surface area is 119 Å². The molecule has 20 heavy (non-hydrogen) atoms. The van der Waals surface area contributed by atoms with Crippen molar-refractivity contribution in [3.05, 3.63) is 24.4 Å². The Balaban J connectivity index is 2.06. The highest BCUT2D eigenvalue weighted by Gasteiger charge is 2.34. The number of nitrogens with zero attached hydrogens (tertiary/aromatic N) is 2. The molecule has 4 heteroatoms. The van der Waals surface area contributed by atoms with Crippen LogP contribution >= 0.6 is 0 Å². The number of aromatic nitrogens is 1. The summed E-state index contributed by atoms with van der Waals surface area (Å²) in [6.45, 7) is 0. The number of hydrogen-bond acceptors (Lipinski definition) is 3. The van der Waals surface area contributed by atoms with Crippen molar-refractivity contribution in [3.8, 4) is 11.5 Å². The minimum Gasteiger partial charge on any atom is -0.493 e. The third kappa shape index (κ3) is 1.86. The molecule has 0 saturated heterocycles. The largest absolute Gasteiger partial charge is 0.493 e. The fourth-order valence-corrected chi connectivity index (χ4v) is 3.24. The second kappa shape index (κ2) is 5.02. The molecule has 3 rings (SSSR count). The minimum absolute atomic E-state index is 0.556. The van der Waals surface area contributed by atoms with Crippen LogP contribution < -0.4 is 9.47 Å². The molecule has 108 valence electrons. The molecule has 0 amide bonds. The van der Waals surface area contributed by atoms with Crippen LogP contribution in [0.2, 0.25) is 0 Å². The maximum absolute atomic E-state index is 5.52. The Morgan fingerprint density at radius 1 is 1.10 bits per heavy atom. The molecule has 0 spiro atoms. The van der Waals surface area contributed by atoms with Gasteiger partial charge in [0.05, 0.1) is 19.7 Å². The van der Waals surface area contributed by atoms with Crippen molar-refractivity contribution in [2.45, 2.75) is 24.9 Å². The van der Waals surface area contributed by atoms with Gasteiger partial charge in [-0.25, -0.2) is 0 Å². The van der Waals surface area contributed by atoms with Crippen LogP contribution in [-0.4, -0.2) is 43.8 Å². The Morgan fingerprint density at radius 3 is 2.45 bits per heavy atom. The van der Waals surface area contributed by atoms with Crippen molar-refractivity contribution < 1.29 is 9.47 Å². The van der Waals surface area contributed by atoms with E-state index in [1.807, 2.05) is 6.07 Å². The van der Waals surface area contributed by atoms with Crippen LogP contribution in [0.4, 0.5) is 0 Å². The van der Waals surface area contributed by atoms with Crippen LogP contribution in [0, 0.1) is 0 Å². The van der Waals surface area contributed by atoms with Gasteiger partial charge < -0.3 is 18.9 Å². The third-order valence-electron chi connectivity index (χ3n) is 4.46. The first-order chi connectivity index (χ1) is 9.67. The fraction of sp³-hybridized carbons (Fsp3) is 0.500. The second-order valence-electron chi connectivity index (χ2n) is 5.63. The summed E-state index contributed by atoms with van der Waals surface area (Å²) in [7, 11) is 7.69. The van der Waals surface area contributed by atoms with Crippen molar-refractivity contribution in [1.82, 2.24) is 9.47 Å². The van der Waals surface area contributed by atoms with Crippen molar-refractivity contribution in [3.63, 3.8) is 0 Å². The number of rotatable bonds is 4. The van der Waals surface area contributed by atoms with Gasteiger partial charge in [0.15, 0.2) is 11.5 Å². The van der Waals surface area contributed by atoms with E-state index >= 15 is 0 Å². The molecule has 0 aliphatic heterocycles. The molecule has 2 unspecified atom stereocenters. The fourth-order valence-electron chi connectivity index (χ4n) is 3.24. The van der Waals surface area contributed by atoms with E-state index in [-0.39, 0.29) is 0 Å². The van der Waals surface area contributed by atoms with Gasteiger partial charge in [-0.15, -0.1) is 0 Å². The van der Waals surface area contributed by atoms with E-state index in [1.54, 1.807) is 14.2 Å². The smallest absolute Gasteiger partial charge is 0.170 e. The highest BCUT2D eigenvalue weighted by molar-refractivity contribution is 5.89. The van der Waals surface area contributed by atoms with E-state index in [0.29, 0.717) is 12.1 Å². The monoisotopic (exact) mass is 274 g/mol. The zero-order chi connectivity index (χ0) is 14.3. The molecule has 1 aromatic heterocycles. The van der Waals surface area contributed by atoms with Crippen LogP contribution in [0.15, 0.2) is 24.4 Å². The molecule has 1 saturated carbocycles. The number of likely N-dealkylation sites (N-methyl/N-ethyl adjacent to an activating group) is 1. The Kier molecular flexibility index (Phi) is 3.34. The highest BCUT2D eigenvalue weighted by atomic mass is 16.5. The normalized spacial score (nSPS) is 22.1. The quantitative estimate of drug-likeness (QED) is 0.857. The van der Waals surface area contributed by atoms with Crippen LogP contribution in [0.1, 0.15) is 18.9 Å². The van der Waals surface area contributed by atoms with E-state index in [0.717, 1.165) is 16.9 Å².